The monoisotopic (exact) mass is 334 g/mol. The summed E-state index contributed by atoms with van der Waals surface area (Å²) in [5.74, 6) is 0.188. The Morgan fingerprint density at radius 1 is 0.880 bits per heavy atom. The van der Waals surface area contributed by atoms with Gasteiger partial charge in [-0.2, -0.15) is 0 Å². The van der Waals surface area contributed by atoms with Crippen LogP contribution in [0.2, 0.25) is 0 Å². The molecule has 2 aliphatic heterocycles. The fraction of sp³-hybridized carbons (Fsp3) is 0.409. The van der Waals surface area contributed by atoms with Gasteiger partial charge in [-0.15, -0.1) is 0 Å². The molecule has 0 unspecified atom stereocenters. The van der Waals surface area contributed by atoms with Gasteiger partial charge in [0.1, 0.15) is 0 Å². The first-order chi connectivity index (χ1) is 12.3. The van der Waals surface area contributed by atoms with Crippen molar-refractivity contribution in [1.82, 2.24) is 9.80 Å². The lowest BCUT2D eigenvalue weighted by Gasteiger charge is -2.23. The van der Waals surface area contributed by atoms with Crippen LogP contribution >= 0.6 is 0 Å². The van der Waals surface area contributed by atoms with Crippen molar-refractivity contribution < 1.29 is 4.79 Å². The summed E-state index contributed by atoms with van der Waals surface area (Å²) in [4.78, 5) is 17.4. The van der Waals surface area contributed by atoms with Crippen molar-refractivity contribution in [1.29, 1.82) is 0 Å². The number of hydrogen-bond donors (Lipinski definition) is 0. The molecule has 0 aliphatic carbocycles. The van der Waals surface area contributed by atoms with Crippen LogP contribution in [0.3, 0.4) is 0 Å². The van der Waals surface area contributed by atoms with E-state index in [1.54, 1.807) is 0 Å². The average molecular weight is 334 g/mol. The SMILES string of the molecule is O=C(c1ccc(Cc2ccccc2)cc1)N1CC[C@H](N2CCCC2)C1. The maximum Gasteiger partial charge on any atom is 0.253 e. The molecule has 25 heavy (non-hydrogen) atoms. The number of likely N-dealkylation sites (tertiary alicyclic amines) is 2. The molecule has 2 aliphatic rings. The summed E-state index contributed by atoms with van der Waals surface area (Å²) in [5, 5.41) is 0. The van der Waals surface area contributed by atoms with Crippen molar-refractivity contribution in [3.63, 3.8) is 0 Å². The van der Waals surface area contributed by atoms with Crippen molar-refractivity contribution in [2.24, 2.45) is 0 Å². The molecule has 1 amide bonds. The molecular weight excluding hydrogens is 308 g/mol. The van der Waals surface area contributed by atoms with Gasteiger partial charge in [-0.3, -0.25) is 9.69 Å². The molecule has 2 fully saturated rings. The Kier molecular flexibility index (Phi) is 4.84. The fourth-order valence-corrected chi connectivity index (χ4v) is 4.11. The topological polar surface area (TPSA) is 23.6 Å². The van der Waals surface area contributed by atoms with E-state index >= 15 is 0 Å². The summed E-state index contributed by atoms with van der Waals surface area (Å²) in [6, 6.07) is 19.2. The summed E-state index contributed by atoms with van der Waals surface area (Å²) < 4.78 is 0. The van der Waals surface area contributed by atoms with Crippen LogP contribution in [0, 0.1) is 0 Å². The van der Waals surface area contributed by atoms with Crippen LogP contribution < -0.4 is 0 Å². The highest BCUT2D eigenvalue weighted by atomic mass is 16.2. The van der Waals surface area contributed by atoms with E-state index in [1.807, 2.05) is 23.1 Å². The van der Waals surface area contributed by atoms with Crippen LogP contribution in [0.4, 0.5) is 0 Å². The Hall–Kier alpha value is -2.13. The number of rotatable bonds is 4. The Morgan fingerprint density at radius 2 is 1.56 bits per heavy atom. The summed E-state index contributed by atoms with van der Waals surface area (Å²) in [6.07, 6.45) is 4.66. The molecule has 0 radical (unpaired) electrons. The van der Waals surface area contributed by atoms with Gasteiger partial charge in [-0.1, -0.05) is 42.5 Å². The molecule has 2 aromatic carbocycles. The average Bonchev–Trinajstić information content (AvgIpc) is 3.34. The lowest BCUT2D eigenvalue weighted by Crippen LogP contribution is -2.37. The van der Waals surface area contributed by atoms with Crippen LogP contribution in [0.1, 0.15) is 40.7 Å². The number of amides is 1. The van der Waals surface area contributed by atoms with E-state index in [-0.39, 0.29) is 5.91 Å². The highest BCUT2D eigenvalue weighted by Gasteiger charge is 2.31. The Bertz CT molecular complexity index is 705. The Labute approximate surface area is 150 Å². The lowest BCUT2D eigenvalue weighted by molar-refractivity contribution is 0.0780. The second-order valence-electron chi connectivity index (χ2n) is 7.30. The molecular formula is C22H26N2O. The molecule has 3 nitrogen and oxygen atoms in total. The molecule has 0 N–H and O–H groups in total. The van der Waals surface area contributed by atoms with E-state index in [4.69, 9.17) is 0 Å². The second kappa shape index (κ2) is 7.40. The van der Waals surface area contributed by atoms with Gasteiger partial charge in [0.2, 0.25) is 0 Å². The molecule has 0 spiro atoms. The first-order valence-electron chi connectivity index (χ1n) is 9.46. The Balaban J connectivity index is 1.37. The van der Waals surface area contributed by atoms with Crippen LogP contribution in [-0.2, 0) is 6.42 Å². The minimum absolute atomic E-state index is 0.188. The number of nitrogens with zero attached hydrogens (tertiary/aromatic N) is 2. The van der Waals surface area contributed by atoms with E-state index in [0.29, 0.717) is 6.04 Å². The van der Waals surface area contributed by atoms with Gasteiger partial charge >= 0.3 is 0 Å². The number of carbonyl (C=O) groups is 1. The maximum atomic E-state index is 12.8. The van der Waals surface area contributed by atoms with Gasteiger partial charge in [0.15, 0.2) is 0 Å². The number of benzene rings is 2. The Morgan fingerprint density at radius 3 is 2.28 bits per heavy atom. The third-order valence-electron chi connectivity index (χ3n) is 5.56. The zero-order chi connectivity index (χ0) is 17.1. The van der Waals surface area contributed by atoms with Gasteiger partial charge in [0.05, 0.1) is 0 Å². The molecule has 4 rings (SSSR count). The predicted molar refractivity (Wildman–Crippen MR) is 101 cm³/mol. The van der Waals surface area contributed by atoms with E-state index in [9.17, 15) is 4.79 Å². The molecule has 0 bridgehead atoms. The van der Waals surface area contributed by atoms with Gasteiger partial charge in [-0.25, -0.2) is 0 Å². The smallest absolute Gasteiger partial charge is 0.253 e. The highest BCUT2D eigenvalue weighted by molar-refractivity contribution is 5.94. The van der Waals surface area contributed by atoms with Gasteiger partial charge < -0.3 is 4.90 Å². The zero-order valence-electron chi connectivity index (χ0n) is 14.7. The minimum Gasteiger partial charge on any atom is -0.337 e. The standard InChI is InChI=1S/C22H26N2O/c25-22(24-15-12-21(17-24)23-13-4-5-14-23)20-10-8-19(9-11-20)16-18-6-2-1-3-7-18/h1-3,6-11,21H,4-5,12-17H2/t21-/m0/s1. The van der Waals surface area contributed by atoms with Crippen LogP contribution in [-0.4, -0.2) is 47.9 Å². The molecule has 1 atom stereocenters. The van der Waals surface area contributed by atoms with Crippen molar-refractivity contribution >= 4 is 5.91 Å². The second-order valence-corrected chi connectivity index (χ2v) is 7.30. The third-order valence-corrected chi connectivity index (χ3v) is 5.56. The zero-order valence-corrected chi connectivity index (χ0v) is 14.7. The lowest BCUT2D eigenvalue weighted by atomic mass is 10.0. The maximum absolute atomic E-state index is 12.8. The van der Waals surface area contributed by atoms with Gasteiger partial charge in [-0.05, 0) is 62.0 Å². The van der Waals surface area contributed by atoms with Crippen molar-refractivity contribution in [2.45, 2.75) is 31.7 Å². The molecule has 0 saturated carbocycles. The molecule has 0 aromatic heterocycles. The predicted octanol–water partition coefficient (Wildman–Crippen LogP) is 3.59. The van der Waals surface area contributed by atoms with Crippen molar-refractivity contribution in [3.05, 3.63) is 71.3 Å². The third kappa shape index (κ3) is 3.77. The van der Waals surface area contributed by atoms with Gasteiger partial charge in [0.25, 0.3) is 5.91 Å². The summed E-state index contributed by atoms with van der Waals surface area (Å²) in [5.41, 5.74) is 3.37. The molecule has 2 heterocycles. The van der Waals surface area contributed by atoms with E-state index in [0.717, 1.165) is 31.5 Å². The van der Waals surface area contributed by atoms with E-state index in [2.05, 4.69) is 41.3 Å². The highest BCUT2D eigenvalue weighted by Crippen LogP contribution is 2.22. The van der Waals surface area contributed by atoms with E-state index < -0.39 is 0 Å². The number of hydrogen-bond acceptors (Lipinski definition) is 2. The minimum atomic E-state index is 0.188. The quantitative estimate of drug-likeness (QED) is 0.853. The van der Waals surface area contributed by atoms with E-state index in [1.165, 1.54) is 37.1 Å². The normalized spacial score (nSPS) is 21.0. The van der Waals surface area contributed by atoms with Crippen molar-refractivity contribution in [2.75, 3.05) is 26.2 Å². The summed E-state index contributed by atoms with van der Waals surface area (Å²) in [6.45, 7) is 4.21. The largest absolute Gasteiger partial charge is 0.337 e. The fourth-order valence-electron chi connectivity index (χ4n) is 4.11. The van der Waals surface area contributed by atoms with Gasteiger partial charge in [0, 0.05) is 24.7 Å². The summed E-state index contributed by atoms with van der Waals surface area (Å²) >= 11 is 0. The van der Waals surface area contributed by atoms with Crippen LogP contribution in [0.15, 0.2) is 54.6 Å². The molecule has 3 heteroatoms. The van der Waals surface area contributed by atoms with Crippen LogP contribution in [0.25, 0.3) is 0 Å². The first kappa shape index (κ1) is 16.3. The van der Waals surface area contributed by atoms with Crippen LogP contribution in [0.5, 0.6) is 0 Å². The first-order valence-corrected chi connectivity index (χ1v) is 9.46. The molecule has 2 aromatic rings. The summed E-state index contributed by atoms with van der Waals surface area (Å²) in [7, 11) is 0. The molecule has 2 saturated heterocycles. The molecule has 130 valence electrons. The van der Waals surface area contributed by atoms with Crippen molar-refractivity contribution in [3.8, 4) is 0 Å². The number of carbonyl (C=O) groups excluding carboxylic acids is 1.